The fourth-order valence-corrected chi connectivity index (χ4v) is 4.54. The van der Waals surface area contributed by atoms with Gasteiger partial charge in [-0.15, -0.1) is 0 Å². The van der Waals surface area contributed by atoms with Gasteiger partial charge in [0.1, 0.15) is 29.5 Å². The van der Waals surface area contributed by atoms with Crippen molar-refractivity contribution < 1.29 is 17.6 Å². The highest BCUT2D eigenvalue weighted by atomic mass is 19.2. The van der Waals surface area contributed by atoms with Gasteiger partial charge in [-0.3, -0.25) is 10.7 Å². The lowest BCUT2D eigenvalue weighted by atomic mass is 9.93. The van der Waals surface area contributed by atoms with Crippen LogP contribution in [0.25, 0.3) is 5.69 Å². The third-order valence-electron chi connectivity index (χ3n) is 6.18. The van der Waals surface area contributed by atoms with Crippen LogP contribution < -0.4 is 16.4 Å². The molecule has 5 rings (SSSR count). The molecule has 2 unspecified atom stereocenters. The molecular weight excluding hydrogens is 450 g/mol. The lowest BCUT2D eigenvalue weighted by Gasteiger charge is -2.40. The molecule has 0 fully saturated rings. The smallest absolute Gasteiger partial charge is 0.194 e. The molecule has 1 aliphatic carbocycles. The maximum absolute atomic E-state index is 15.0. The van der Waals surface area contributed by atoms with Crippen LogP contribution in [0.2, 0.25) is 0 Å². The number of amidine groups is 1. The molecule has 2 heterocycles. The van der Waals surface area contributed by atoms with Crippen molar-refractivity contribution in [2.45, 2.75) is 31.5 Å². The minimum atomic E-state index is -1.52. The first-order valence-corrected chi connectivity index (χ1v) is 10.6. The Hall–Kier alpha value is -3.73. The van der Waals surface area contributed by atoms with Gasteiger partial charge in [-0.05, 0) is 49.6 Å². The molecule has 0 spiro atoms. The molecule has 2 aliphatic rings. The largest absolute Gasteiger partial charge is 0.349 e. The van der Waals surface area contributed by atoms with Crippen LogP contribution in [0.15, 0.2) is 52.9 Å². The zero-order valence-corrected chi connectivity index (χ0v) is 18.3. The first-order valence-electron chi connectivity index (χ1n) is 10.6. The summed E-state index contributed by atoms with van der Waals surface area (Å²) in [4.78, 5) is 8.29. The highest BCUT2D eigenvalue weighted by molar-refractivity contribution is 6.01. The van der Waals surface area contributed by atoms with E-state index in [1.165, 1.54) is 23.1 Å². The topological polar surface area (TPSA) is 93.1 Å². The predicted octanol–water partition coefficient (Wildman–Crippen LogP) is 3.25. The van der Waals surface area contributed by atoms with E-state index >= 15 is 4.39 Å². The Kier molecular flexibility index (Phi) is 5.16. The molecule has 0 radical (unpaired) electrons. The number of aromatic nitrogens is 3. The average molecular weight is 471 g/mol. The van der Waals surface area contributed by atoms with Gasteiger partial charge in [0.2, 0.25) is 0 Å². The van der Waals surface area contributed by atoms with Crippen LogP contribution in [-0.2, 0) is 5.79 Å². The van der Waals surface area contributed by atoms with Crippen molar-refractivity contribution in [1.82, 2.24) is 25.4 Å². The highest BCUT2D eigenvalue weighted by Crippen LogP contribution is 2.42. The maximum Gasteiger partial charge on any atom is 0.194 e. The summed E-state index contributed by atoms with van der Waals surface area (Å²) in [5.74, 6) is -5.57. The molecule has 176 valence electrons. The standard InChI is InChI=1S/C23H21F4N7/c1-11-30-10-34(33-11)19-6-3-13(9-16(19)24)23(28)31-21-14(4-5-15(21)22(29-2)32-23)12-7-17(25)20(27)18(26)8-12/h3,6-10,14,31H,4-5,28H2,1-2H3,(H,29,32). The Bertz CT molecular complexity index is 1340. The second-order valence-electron chi connectivity index (χ2n) is 8.31. The molecule has 1 aromatic heterocycles. The SMILES string of the molecule is CN=C1NC(N)(c2ccc(-n3cnc(C)n3)c(F)c2)NC2=C1CCC2c1cc(F)c(F)c(F)c1. The van der Waals surface area contributed by atoms with Gasteiger partial charge < -0.3 is 10.6 Å². The summed E-state index contributed by atoms with van der Waals surface area (Å²) < 4.78 is 57.7. The van der Waals surface area contributed by atoms with Crippen LogP contribution in [-0.4, -0.2) is 27.6 Å². The van der Waals surface area contributed by atoms with E-state index in [4.69, 9.17) is 5.73 Å². The molecule has 4 N–H and O–H groups in total. The van der Waals surface area contributed by atoms with Crippen LogP contribution >= 0.6 is 0 Å². The lowest BCUT2D eigenvalue weighted by molar-refractivity contribution is 0.330. The Morgan fingerprint density at radius 2 is 1.82 bits per heavy atom. The quantitative estimate of drug-likeness (QED) is 0.403. The fraction of sp³-hybridized carbons (Fsp3) is 0.261. The van der Waals surface area contributed by atoms with Gasteiger partial charge in [0, 0.05) is 29.8 Å². The molecule has 2 atom stereocenters. The number of aryl methyl sites for hydroxylation is 1. The van der Waals surface area contributed by atoms with Crippen LogP contribution in [0.4, 0.5) is 17.6 Å². The normalized spacial score (nSPS) is 23.1. The van der Waals surface area contributed by atoms with Crippen LogP contribution in [0.5, 0.6) is 0 Å². The van der Waals surface area contributed by atoms with Crippen molar-refractivity contribution in [2.75, 3.05) is 7.05 Å². The number of allylic oxidation sites excluding steroid dienone is 1. The van der Waals surface area contributed by atoms with E-state index in [-0.39, 0.29) is 11.3 Å². The fourth-order valence-electron chi connectivity index (χ4n) is 4.54. The number of hydrogen-bond acceptors (Lipinski definition) is 5. The Labute approximate surface area is 192 Å². The minimum absolute atomic E-state index is 0.198. The lowest BCUT2D eigenvalue weighted by Crippen LogP contribution is -2.65. The van der Waals surface area contributed by atoms with E-state index in [1.54, 1.807) is 20.0 Å². The van der Waals surface area contributed by atoms with Crippen molar-refractivity contribution in [2.24, 2.45) is 10.7 Å². The third kappa shape index (κ3) is 3.52. The Morgan fingerprint density at radius 1 is 1.09 bits per heavy atom. The van der Waals surface area contributed by atoms with Gasteiger partial charge in [0.15, 0.2) is 23.2 Å². The van der Waals surface area contributed by atoms with Gasteiger partial charge in [-0.1, -0.05) is 6.07 Å². The summed E-state index contributed by atoms with van der Waals surface area (Å²) >= 11 is 0. The van der Waals surface area contributed by atoms with Crippen molar-refractivity contribution >= 4 is 5.84 Å². The first-order chi connectivity index (χ1) is 16.2. The van der Waals surface area contributed by atoms with Crippen molar-refractivity contribution in [1.29, 1.82) is 0 Å². The van der Waals surface area contributed by atoms with Gasteiger partial charge in [-0.25, -0.2) is 27.2 Å². The molecule has 11 heteroatoms. The van der Waals surface area contributed by atoms with E-state index < -0.39 is 35.0 Å². The molecule has 1 aliphatic heterocycles. The predicted molar refractivity (Wildman–Crippen MR) is 117 cm³/mol. The van der Waals surface area contributed by atoms with Crippen LogP contribution in [0.3, 0.4) is 0 Å². The van der Waals surface area contributed by atoms with E-state index in [0.717, 1.165) is 17.7 Å². The number of nitrogens with two attached hydrogens (primary N) is 1. The first kappa shape index (κ1) is 22.1. The summed E-state index contributed by atoms with van der Waals surface area (Å²) in [6, 6.07) is 6.40. The highest BCUT2D eigenvalue weighted by Gasteiger charge is 2.42. The van der Waals surface area contributed by atoms with Crippen LogP contribution in [0.1, 0.15) is 35.7 Å². The number of rotatable bonds is 3. The summed E-state index contributed by atoms with van der Waals surface area (Å²) in [6.07, 6.45) is 2.48. The average Bonchev–Trinajstić information content (AvgIpc) is 3.42. The number of nitrogens with zero attached hydrogens (tertiary/aromatic N) is 4. The summed E-state index contributed by atoms with van der Waals surface area (Å²) in [5, 5.41) is 10.4. The molecular formula is C23H21F4N7. The zero-order chi connectivity index (χ0) is 24.2. The van der Waals surface area contributed by atoms with Gasteiger partial charge in [-0.2, -0.15) is 5.10 Å². The molecule has 34 heavy (non-hydrogen) atoms. The molecule has 0 saturated heterocycles. The number of aliphatic imine (C=N–C) groups is 1. The Morgan fingerprint density at radius 3 is 2.44 bits per heavy atom. The molecule has 0 amide bonds. The van der Waals surface area contributed by atoms with Gasteiger partial charge >= 0.3 is 0 Å². The summed E-state index contributed by atoms with van der Waals surface area (Å²) in [7, 11) is 1.58. The maximum atomic E-state index is 15.0. The van der Waals surface area contributed by atoms with Crippen molar-refractivity contribution in [3.8, 4) is 5.69 Å². The third-order valence-corrected chi connectivity index (χ3v) is 6.18. The van der Waals surface area contributed by atoms with Gasteiger partial charge in [0.25, 0.3) is 0 Å². The molecule has 2 aromatic carbocycles. The van der Waals surface area contributed by atoms with Crippen molar-refractivity contribution in [3.63, 3.8) is 0 Å². The van der Waals surface area contributed by atoms with E-state index in [9.17, 15) is 13.2 Å². The van der Waals surface area contributed by atoms with E-state index in [2.05, 4.69) is 25.7 Å². The second-order valence-corrected chi connectivity index (χ2v) is 8.31. The summed E-state index contributed by atoms with van der Waals surface area (Å²) in [5.41, 5.74) is 8.88. The van der Waals surface area contributed by atoms with Crippen molar-refractivity contribution in [3.05, 3.63) is 88.1 Å². The van der Waals surface area contributed by atoms with E-state index in [1.807, 2.05) is 0 Å². The van der Waals surface area contributed by atoms with E-state index in [0.29, 0.717) is 35.8 Å². The Balaban J connectivity index is 1.53. The molecule has 0 bridgehead atoms. The minimum Gasteiger partial charge on any atom is -0.349 e. The number of benzene rings is 2. The number of halogens is 4. The van der Waals surface area contributed by atoms with Gasteiger partial charge in [0.05, 0.1) is 0 Å². The zero-order valence-electron chi connectivity index (χ0n) is 18.3. The summed E-state index contributed by atoms with van der Waals surface area (Å²) in [6.45, 7) is 1.70. The van der Waals surface area contributed by atoms with Crippen LogP contribution in [0, 0.1) is 30.2 Å². The number of nitrogens with one attached hydrogen (secondary N) is 2. The monoisotopic (exact) mass is 471 g/mol. The molecule has 3 aromatic rings. The molecule has 7 nitrogen and oxygen atoms in total. The number of hydrogen-bond donors (Lipinski definition) is 3. The second kappa shape index (κ2) is 7.94. The molecule has 0 saturated carbocycles.